The summed E-state index contributed by atoms with van der Waals surface area (Å²) in [4.78, 5) is 0. The fraction of sp³-hybridized carbons (Fsp3) is 1.00. The van der Waals surface area contributed by atoms with E-state index in [4.69, 9.17) is 0 Å². The fourth-order valence-corrected chi connectivity index (χ4v) is 9.71. The monoisotopic (exact) mass is 370 g/mol. The van der Waals surface area contributed by atoms with E-state index in [2.05, 4.69) is 0 Å². The SMILES string of the molecule is C1CC(C2CC[Te]C2)C[Te]1. The van der Waals surface area contributed by atoms with Crippen molar-refractivity contribution in [2.45, 2.75) is 30.7 Å². The number of hydrogen-bond donors (Lipinski definition) is 0. The third-order valence-corrected chi connectivity index (χ3v) is 9.38. The predicted octanol–water partition coefficient (Wildman–Crippen LogP) is 2.11. The second-order valence-electron chi connectivity index (χ2n) is 3.25. The molecule has 10 heavy (non-hydrogen) atoms. The van der Waals surface area contributed by atoms with Crippen molar-refractivity contribution in [3.63, 3.8) is 0 Å². The Kier molecular flexibility index (Phi) is 3.28. The molecule has 2 heteroatoms. The molecule has 2 aliphatic rings. The molecule has 0 aromatic heterocycles. The van der Waals surface area contributed by atoms with Crippen molar-refractivity contribution >= 4 is 41.8 Å². The van der Waals surface area contributed by atoms with Gasteiger partial charge < -0.3 is 0 Å². The first-order valence-electron chi connectivity index (χ1n) is 4.12. The molecule has 0 saturated carbocycles. The van der Waals surface area contributed by atoms with Crippen LogP contribution in [0.25, 0.3) is 0 Å². The van der Waals surface area contributed by atoms with Crippen molar-refractivity contribution in [3.8, 4) is 0 Å². The maximum absolute atomic E-state index is 1.71. The quantitative estimate of drug-likeness (QED) is 0.625. The predicted molar refractivity (Wildman–Crippen MR) is 47.0 cm³/mol. The first-order chi connectivity index (χ1) is 4.97. The summed E-state index contributed by atoms with van der Waals surface area (Å²) in [5.74, 6) is 2.49. The van der Waals surface area contributed by atoms with Crippen LogP contribution in [0.4, 0.5) is 0 Å². The van der Waals surface area contributed by atoms with Crippen LogP contribution in [0.3, 0.4) is 0 Å². The molecule has 0 bridgehead atoms. The van der Waals surface area contributed by atoms with Gasteiger partial charge in [0.2, 0.25) is 0 Å². The van der Waals surface area contributed by atoms with Gasteiger partial charge in [0.05, 0.1) is 0 Å². The molecule has 2 fully saturated rings. The van der Waals surface area contributed by atoms with E-state index in [0.29, 0.717) is 41.8 Å². The van der Waals surface area contributed by atoms with Crippen LogP contribution in [0.5, 0.6) is 0 Å². The summed E-state index contributed by atoms with van der Waals surface area (Å²) >= 11 is 1.09. The maximum atomic E-state index is 1.71. The van der Waals surface area contributed by atoms with Gasteiger partial charge in [-0.3, -0.25) is 0 Å². The Morgan fingerprint density at radius 3 is 1.60 bits per heavy atom. The topological polar surface area (TPSA) is 0 Å². The van der Waals surface area contributed by atoms with Gasteiger partial charge in [0.1, 0.15) is 0 Å². The summed E-state index contributed by atoms with van der Waals surface area (Å²) < 4.78 is 6.77. The van der Waals surface area contributed by atoms with Gasteiger partial charge in [0, 0.05) is 0 Å². The summed E-state index contributed by atoms with van der Waals surface area (Å²) in [5.41, 5.74) is 0. The van der Waals surface area contributed by atoms with E-state index in [1.165, 1.54) is 11.8 Å². The van der Waals surface area contributed by atoms with Crippen LogP contribution in [0.15, 0.2) is 0 Å². The van der Waals surface area contributed by atoms with Crippen LogP contribution in [0, 0.1) is 11.8 Å². The van der Waals surface area contributed by atoms with Gasteiger partial charge >= 0.3 is 84.4 Å². The van der Waals surface area contributed by atoms with Gasteiger partial charge in [0.25, 0.3) is 0 Å². The zero-order chi connectivity index (χ0) is 6.81. The third kappa shape index (κ3) is 1.84. The molecule has 0 aromatic rings. The second-order valence-corrected chi connectivity index (χ2v) is 9.81. The molecule has 2 unspecified atom stereocenters. The summed E-state index contributed by atoms with van der Waals surface area (Å²) in [5, 5.41) is 0. The summed E-state index contributed by atoms with van der Waals surface area (Å²) in [6, 6.07) is 0. The molecular formula is C8H14Te2. The molecule has 0 amide bonds. The van der Waals surface area contributed by atoms with Crippen molar-refractivity contribution in [2.24, 2.45) is 11.8 Å². The minimum absolute atomic E-state index is 0.545. The van der Waals surface area contributed by atoms with Crippen LogP contribution in [-0.2, 0) is 0 Å². The van der Waals surface area contributed by atoms with E-state index < -0.39 is 0 Å². The van der Waals surface area contributed by atoms with E-state index in [9.17, 15) is 0 Å². The van der Waals surface area contributed by atoms with Crippen LogP contribution >= 0.6 is 0 Å². The van der Waals surface area contributed by atoms with Gasteiger partial charge in [0.15, 0.2) is 0 Å². The zero-order valence-corrected chi connectivity index (χ0v) is 10.9. The Hall–Kier alpha value is 1.58. The molecule has 2 heterocycles. The van der Waals surface area contributed by atoms with E-state index in [-0.39, 0.29) is 0 Å². The number of hydrogen-bond acceptors (Lipinski definition) is 0. The van der Waals surface area contributed by atoms with Crippen molar-refractivity contribution < 1.29 is 0 Å². The summed E-state index contributed by atoms with van der Waals surface area (Å²) in [6.45, 7) is 0. The van der Waals surface area contributed by atoms with E-state index >= 15 is 0 Å². The molecule has 2 aliphatic heterocycles. The second kappa shape index (κ2) is 4.00. The number of rotatable bonds is 1. The van der Waals surface area contributed by atoms with E-state index in [0.717, 1.165) is 0 Å². The molecule has 0 N–H and O–H groups in total. The molecule has 2 saturated heterocycles. The third-order valence-electron chi connectivity index (χ3n) is 2.60. The minimum atomic E-state index is 0.545. The Morgan fingerprint density at radius 2 is 1.30 bits per heavy atom. The van der Waals surface area contributed by atoms with Gasteiger partial charge in [-0.2, -0.15) is 0 Å². The molecule has 0 aliphatic carbocycles. The normalized spacial score (nSPS) is 40.8. The van der Waals surface area contributed by atoms with Crippen LogP contribution < -0.4 is 0 Å². The van der Waals surface area contributed by atoms with E-state index in [1.54, 1.807) is 30.7 Å². The molecule has 58 valence electrons. The van der Waals surface area contributed by atoms with Crippen LogP contribution in [0.1, 0.15) is 12.8 Å². The van der Waals surface area contributed by atoms with Gasteiger partial charge in [-0.05, 0) is 0 Å². The zero-order valence-electron chi connectivity index (χ0n) is 6.21. The van der Waals surface area contributed by atoms with Crippen LogP contribution in [0.2, 0.25) is 17.9 Å². The molecule has 0 aromatic carbocycles. The van der Waals surface area contributed by atoms with Crippen molar-refractivity contribution in [1.29, 1.82) is 0 Å². The molecule has 2 atom stereocenters. The molecule has 2 rings (SSSR count). The molecular weight excluding hydrogens is 351 g/mol. The van der Waals surface area contributed by atoms with Crippen molar-refractivity contribution in [3.05, 3.63) is 0 Å². The summed E-state index contributed by atoms with van der Waals surface area (Å²) in [6.07, 6.45) is 3.28. The van der Waals surface area contributed by atoms with Crippen molar-refractivity contribution in [1.82, 2.24) is 0 Å². The summed E-state index contributed by atoms with van der Waals surface area (Å²) in [7, 11) is 0. The Morgan fingerprint density at radius 1 is 0.800 bits per heavy atom. The van der Waals surface area contributed by atoms with Gasteiger partial charge in [-0.15, -0.1) is 0 Å². The fourth-order valence-electron chi connectivity index (χ4n) is 1.85. The van der Waals surface area contributed by atoms with Crippen molar-refractivity contribution in [2.75, 3.05) is 0 Å². The molecule has 0 radical (unpaired) electrons. The average Bonchev–Trinajstić information content (AvgIpc) is 2.59. The first-order valence-corrected chi connectivity index (χ1v) is 10.7. The Bertz CT molecular complexity index is 87.8. The standard InChI is InChI=1S/C8H14Te2/c1-3-9-5-7(1)8-2-4-10-6-8/h7-8H,1-6H2. The Balaban J connectivity index is 1.85. The van der Waals surface area contributed by atoms with Gasteiger partial charge in [-0.1, -0.05) is 0 Å². The molecule has 0 spiro atoms. The van der Waals surface area contributed by atoms with Crippen LogP contribution in [-0.4, -0.2) is 41.8 Å². The van der Waals surface area contributed by atoms with E-state index in [1.807, 2.05) is 0 Å². The molecule has 0 nitrogen and oxygen atoms in total. The van der Waals surface area contributed by atoms with Gasteiger partial charge in [-0.25, -0.2) is 0 Å². The first kappa shape index (κ1) is 8.19. The Labute approximate surface area is 83.7 Å². The average molecular weight is 365 g/mol.